The summed E-state index contributed by atoms with van der Waals surface area (Å²) in [6.45, 7) is 3.93. The topological polar surface area (TPSA) is 70.8 Å². The molecule has 1 aliphatic heterocycles. The molecule has 1 aromatic rings. The van der Waals surface area contributed by atoms with Crippen molar-refractivity contribution < 1.29 is 17.9 Å². The molecule has 0 aromatic heterocycles. The molecule has 7 heteroatoms. The van der Waals surface area contributed by atoms with Gasteiger partial charge in [-0.3, -0.25) is 4.18 Å². The average molecular weight is 320 g/mol. The molecule has 0 aliphatic carbocycles. The van der Waals surface area contributed by atoms with Gasteiger partial charge >= 0.3 is 0 Å². The maximum Gasteiger partial charge on any atom is 0.231 e. The molecule has 0 radical (unpaired) electrons. The molecule has 0 saturated heterocycles. The van der Waals surface area contributed by atoms with Crippen LogP contribution in [0.3, 0.4) is 0 Å². The third-order valence-electron chi connectivity index (χ3n) is 2.93. The maximum atomic E-state index is 10.7. The minimum Gasteiger partial charge on any atom is -0.461 e. The summed E-state index contributed by atoms with van der Waals surface area (Å²) in [5.41, 5.74) is 0.988. The van der Waals surface area contributed by atoms with E-state index in [9.17, 15) is 4.21 Å². The van der Waals surface area contributed by atoms with Crippen molar-refractivity contribution in [2.24, 2.45) is 5.14 Å². The first-order chi connectivity index (χ1) is 9.37. The maximum absolute atomic E-state index is 10.7. The van der Waals surface area contributed by atoms with Crippen molar-refractivity contribution in [3.05, 3.63) is 28.8 Å². The summed E-state index contributed by atoms with van der Waals surface area (Å²) in [6, 6.07) is 5.63. The summed E-state index contributed by atoms with van der Waals surface area (Å²) >= 11 is 4.42. The van der Waals surface area contributed by atoms with Gasteiger partial charge in [0.1, 0.15) is 5.75 Å². The van der Waals surface area contributed by atoms with E-state index in [0.717, 1.165) is 5.56 Å². The molecular formula is C13H18ClNO4S. The first-order valence-corrected chi connectivity index (χ1v) is 7.82. The molecule has 2 rings (SSSR count). The number of rotatable bonds is 4. The molecule has 0 amide bonds. The highest BCUT2D eigenvalue weighted by atomic mass is 35.5. The fourth-order valence-corrected chi connectivity index (χ4v) is 2.70. The standard InChI is InChI=1S/C13H18ClNO4S/c1-13(2)18-10(6-7-17-20(15)16)8-9-4-3-5-11(14)12(9)19-13/h3-5,10H,6-8,15H2,1-2H3. The zero-order chi connectivity index (χ0) is 14.8. The van der Waals surface area contributed by atoms with E-state index in [2.05, 4.69) is 0 Å². The molecule has 0 saturated carbocycles. The van der Waals surface area contributed by atoms with Gasteiger partial charge in [-0.2, -0.15) is 0 Å². The molecule has 2 unspecified atom stereocenters. The second kappa shape index (κ2) is 6.41. The normalized spacial score (nSPS) is 22.5. The van der Waals surface area contributed by atoms with Crippen molar-refractivity contribution in [1.82, 2.24) is 0 Å². The Morgan fingerprint density at radius 3 is 3.00 bits per heavy atom. The summed E-state index contributed by atoms with van der Waals surface area (Å²) in [4.78, 5) is 0. The molecule has 2 N–H and O–H groups in total. The third kappa shape index (κ3) is 4.17. The first kappa shape index (κ1) is 15.7. The summed E-state index contributed by atoms with van der Waals surface area (Å²) in [5.74, 6) is -0.132. The lowest BCUT2D eigenvalue weighted by Gasteiger charge is -2.28. The Hall–Kier alpha value is -0.660. The Balaban J connectivity index is 2.15. The van der Waals surface area contributed by atoms with Gasteiger partial charge in [0.15, 0.2) is 0 Å². The fraction of sp³-hybridized carbons (Fsp3) is 0.538. The van der Waals surface area contributed by atoms with Gasteiger partial charge in [-0.15, -0.1) is 0 Å². The van der Waals surface area contributed by atoms with Crippen LogP contribution in [0, 0.1) is 0 Å². The molecule has 0 fully saturated rings. The van der Waals surface area contributed by atoms with Gasteiger partial charge in [0, 0.05) is 20.3 Å². The second-order valence-corrected chi connectivity index (χ2v) is 6.21. The van der Waals surface area contributed by atoms with Crippen LogP contribution in [0.2, 0.25) is 5.02 Å². The van der Waals surface area contributed by atoms with Gasteiger partial charge in [-0.05, 0) is 18.1 Å². The summed E-state index contributed by atoms with van der Waals surface area (Å²) < 4.78 is 27.3. The molecule has 20 heavy (non-hydrogen) atoms. The third-order valence-corrected chi connectivity index (χ3v) is 3.63. The van der Waals surface area contributed by atoms with E-state index in [-0.39, 0.29) is 12.7 Å². The summed E-state index contributed by atoms with van der Waals surface area (Å²) in [5, 5.41) is 5.62. The van der Waals surface area contributed by atoms with Crippen molar-refractivity contribution in [2.45, 2.75) is 38.6 Å². The van der Waals surface area contributed by atoms with Gasteiger partial charge in [-0.25, -0.2) is 9.35 Å². The largest absolute Gasteiger partial charge is 0.461 e. The van der Waals surface area contributed by atoms with Crippen molar-refractivity contribution in [3.8, 4) is 5.75 Å². The molecule has 5 nitrogen and oxygen atoms in total. The highest BCUT2D eigenvalue weighted by Gasteiger charge is 2.31. The van der Waals surface area contributed by atoms with Crippen LogP contribution in [-0.2, 0) is 26.6 Å². The van der Waals surface area contributed by atoms with Crippen molar-refractivity contribution >= 4 is 22.9 Å². The quantitative estimate of drug-likeness (QED) is 0.924. The first-order valence-electron chi connectivity index (χ1n) is 6.31. The van der Waals surface area contributed by atoms with Crippen LogP contribution in [0.15, 0.2) is 18.2 Å². The number of hydrogen-bond donors (Lipinski definition) is 1. The fourth-order valence-electron chi connectivity index (χ4n) is 2.21. The van der Waals surface area contributed by atoms with Gasteiger partial charge in [0.2, 0.25) is 17.1 Å². The number of para-hydroxylation sites is 1. The molecule has 112 valence electrons. The average Bonchev–Trinajstić information content (AvgIpc) is 2.45. The highest BCUT2D eigenvalue weighted by molar-refractivity contribution is 7.77. The Morgan fingerprint density at radius 2 is 2.30 bits per heavy atom. The lowest BCUT2D eigenvalue weighted by atomic mass is 10.1. The molecule has 0 bridgehead atoms. The lowest BCUT2D eigenvalue weighted by Crippen LogP contribution is -2.35. The van der Waals surface area contributed by atoms with Gasteiger partial charge in [-0.1, -0.05) is 23.7 Å². The van der Waals surface area contributed by atoms with Crippen LogP contribution in [0.25, 0.3) is 0 Å². The van der Waals surface area contributed by atoms with E-state index < -0.39 is 17.1 Å². The van der Waals surface area contributed by atoms with Gasteiger partial charge in [0.25, 0.3) is 0 Å². The van der Waals surface area contributed by atoms with Crippen LogP contribution < -0.4 is 9.88 Å². The van der Waals surface area contributed by atoms with Crippen LogP contribution in [-0.4, -0.2) is 22.7 Å². The van der Waals surface area contributed by atoms with E-state index in [1.54, 1.807) is 6.07 Å². The van der Waals surface area contributed by atoms with E-state index in [0.29, 0.717) is 23.6 Å². The van der Waals surface area contributed by atoms with Crippen molar-refractivity contribution in [2.75, 3.05) is 6.61 Å². The van der Waals surface area contributed by atoms with Crippen LogP contribution >= 0.6 is 11.6 Å². The van der Waals surface area contributed by atoms with Gasteiger partial charge < -0.3 is 9.47 Å². The molecule has 1 aliphatic rings. The Morgan fingerprint density at radius 1 is 1.55 bits per heavy atom. The summed E-state index contributed by atoms with van der Waals surface area (Å²) in [6.07, 6.45) is 1.11. The number of nitrogens with two attached hydrogens (primary N) is 1. The Bertz CT molecular complexity index is 509. The minimum atomic E-state index is -1.75. The lowest BCUT2D eigenvalue weighted by molar-refractivity contribution is -0.183. The highest BCUT2D eigenvalue weighted by Crippen LogP contribution is 2.36. The number of benzene rings is 1. The van der Waals surface area contributed by atoms with Crippen LogP contribution in [0.1, 0.15) is 25.8 Å². The van der Waals surface area contributed by atoms with E-state index in [1.807, 2.05) is 26.0 Å². The predicted octanol–water partition coefficient (Wildman–Crippen LogP) is 2.34. The number of hydrogen-bond acceptors (Lipinski definition) is 4. The monoisotopic (exact) mass is 319 g/mol. The SMILES string of the molecule is CC1(C)Oc2c(Cl)cccc2CC(CCOS(N)=O)O1. The minimum absolute atomic E-state index is 0.117. The number of ether oxygens (including phenoxy) is 2. The van der Waals surface area contributed by atoms with E-state index >= 15 is 0 Å². The smallest absolute Gasteiger partial charge is 0.231 e. The Labute approximate surface area is 126 Å². The molecular weight excluding hydrogens is 302 g/mol. The number of fused-ring (bicyclic) bond motifs is 1. The Kier molecular flexibility index (Phi) is 5.04. The predicted molar refractivity (Wildman–Crippen MR) is 77.6 cm³/mol. The molecule has 2 atom stereocenters. The van der Waals surface area contributed by atoms with Crippen LogP contribution in [0.4, 0.5) is 0 Å². The second-order valence-electron chi connectivity index (χ2n) is 5.05. The zero-order valence-corrected chi connectivity index (χ0v) is 13.0. The van der Waals surface area contributed by atoms with Crippen molar-refractivity contribution in [1.29, 1.82) is 0 Å². The molecule has 1 aromatic carbocycles. The number of halogens is 1. The van der Waals surface area contributed by atoms with Crippen LogP contribution in [0.5, 0.6) is 5.75 Å². The zero-order valence-electron chi connectivity index (χ0n) is 11.4. The summed E-state index contributed by atoms with van der Waals surface area (Å²) in [7, 11) is 0. The van der Waals surface area contributed by atoms with Gasteiger partial charge in [0.05, 0.1) is 17.7 Å². The van der Waals surface area contributed by atoms with E-state index in [4.69, 9.17) is 30.4 Å². The van der Waals surface area contributed by atoms with Crippen molar-refractivity contribution in [3.63, 3.8) is 0 Å². The molecule has 0 spiro atoms. The molecule has 1 heterocycles. The van der Waals surface area contributed by atoms with E-state index in [1.165, 1.54) is 0 Å².